The highest BCUT2D eigenvalue weighted by Crippen LogP contribution is 2.22. The summed E-state index contributed by atoms with van der Waals surface area (Å²) in [5.41, 5.74) is 1.77. The Hall–Kier alpha value is -3.26. The van der Waals surface area contributed by atoms with E-state index in [4.69, 9.17) is 9.47 Å². The normalized spacial score (nSPS) is 10.4. The average Bonchev–Trinajstić information content (AvgIpc) is 2.72. The maximum absolute atomic E-state index is 12.3. The SMILES string of the molecule is COc1cccc(CSc2nc(CC(=O)Nc3cccc(OC)c3)cc(=O)[nH]2)c1. The monoisotopic (exact) mass is 411 g/mol. The van der Waals surface area contributed by atoms with Crippen LogP contribution in [0.5, 0.6) is 11.5 Å². The lowest BCUT2D eigenvalue weighted by Crippen LogP contribution is -2.18. The molecule has 0 unspecified atom stereocenters. The molecule has 0 fully saturated rings. The predicted octanol–water partition coefficient (Wildman–Crippen LogP) is 3.26. The van der Waals surface area contributed by atoms with E-state index in [1.807, 2.05) is 24.3 Å². The van der Waals surface area contributed by atoms with E-state index < -0.39 is 0 Å². The fourth-order valence-corrected chi connectivity index (χ4v) is 3.46. The van der Waals surface area contributed by atoms with Crippen LogP contribution in [0.3, 0.4) is 0 Å². The molecule has 1 heterocycles. The molecule has 150 valence electrons. The van der Waals surface area contributed by atoms with Crippen molar-refractivity contribution in [3.63, 3.8) is 0 Å². The van der Waals surface area contributed by atoms with Crippen molar-refractivity contribution >= 4 is 23.4 Å². The zero-order valence-corrected chi connectivity index (χ0v) is 16.9. The van der Waals surface area contributed by atoms with Crippen LogP contribution >= 0.6 is 11.8 Å². The molecule has 0 atom stereocenters. The molecular formula is C21H21N3O4S. The number of aromatic nitrogens is 2. The summed E-state index contributed by atoms with van der Waals surface area (Å²) in [7, 11) is 3.18. The Morgan fingerprint density at radius 1 is 1.07 bits per heavy atom. The second-order valence-corrected chi connectivity index (χ2v) is 7.10. The standard InChI is InChI=1S/C21H21N3O4S/c1-27-17-7-3-5-14(9-17)13-29-21-23-16(12-20(26)24-21)11-19(25)22-15-6-4-8-18(10-15)28-2/h3-10,12H,11,13H2,1-2H3,(H,22,25)(H,23,24,26). The fraction of sp³-hybridized carbons (Fsp3) is 0.190. The Morgan fingerprint density at radius 3 is 2.55 bits per heavy atom. The number of carbonyl (C=O) groups is 1. The van der Waals surface area contributed by atoms with Gasteiger partial charge in [-0.1, -0.05) is 30.0 Å². The van der Waals surface area contributed by atoms with Gasteiger partial charge in [0.2, 0.25) is 5.91 Å². The first-order valence-electron chi connectivity index (χ1n) is 8.85. The van der Waals surface area contributed by atoms with Crippen molar-refractivity contribution in [2.24, 2.45) is 0 Å². The van der Waals surface area contributed by atoms with E-state index in [0.717, 1.165) is 11.3 Å². The molecule has 0 aliphatic rings. The average molecular weight is 411 g/mol. The number of amides is 1. The van der Waals surface area contributed by atoms with E-state index in [-0.39, 0.29) is 17.9 Å². The van der Waals surface area contributed by atoms with Crippen molar-refractivity contribution in [1.82, 2.24) is 9.97 Å². The van der Waals surface area contributed by atoms with Crippen LogP contribution in [0.4, 0.5) is 5.69 Å². The van der Waals surface area contributed by atoms with Gasteiger partial charge in [-0.15, -0.1) is 0 Å². The van der Waals surface area contributed by atoms with E-state index in [9.17, 15) is 9.59 Å². The number of ether oxygens (including phenoxy) is 2. The third kappa shape index (κ3) is 6.11. The highest BCUT2D eigenvalue weighted by Gasteiger charge is 2.09. The lowest BCUT2D eigenvalue weighted by Gasteiger charge is -2.08. The van der Waals surface area contributed by atoms with Crippen molar-refractivity contribution in [2.45, 2.75) is 17.3 Å². The first-order valence-corrected chi connectivity index (χ1v) is 9.84. The van der Waals surface area contributed by atoms with Crippen LogP contribution in [-0.4, -0.2) is 30.1 Å². The summed E-state index contributed by atoms with van der Waals surface area (Å²) in [6.07, 6.45) is -0.00610. The molecule has 0 aliphatic carbocycles. The molecule has 0 saturated heterocycles. The highest BCUT2D eigenvalue weighted by molar-refractivity contribution is 7.98. The number of thioether (sulfide) groups is 1. The minimum atomic E-state index is -0.294. The number of rotatable bonds is 8. The largest absolute Gasteiger partial charge is 0.497 e. The Bertz CT molecular complexity index is 1050. The third-order valence-corrected chi connectivity index (χ3v) is 4.92. The van der Waals surface area contributed by atoms with Gasteiger partial charge in [-0.05, 0) is 29.8 Å². The minimum Gasteiger partial charge on any atom is -0.497 e. The number of nitrogens with one attached hydrogen (secondary N) is 2. The van der Waals surface area contributed by atoms with Crippen LogP contribution in [0.1, 0.15) is 11.3 Å². The van der Waals surface area contributed by atoms with Gasteiger partial charge in [0.1, 0.15) is 11.5 Å². The van der Waals surface area contributed by atoms with Crippen LogP contribution < -0.4 is 20.3 Å². The van der Waals surface area contributed by atoms with E-state index in [0.29, 0.717) is 28.0 Å². The van der Waals surface area contributed by atoms with Crippen LogP contribution in [0.2, 0.25) is 0 Å². The van der Waals surface area contributed by atoms with Gasteiger partial charge in [0, 0.05) is 23.6 Å². The number of hydrogen-bond donors (Lipinski definition) is 2. The van der Waals surface area contributed by atoms with Gasteiger partial charge < -0.3 is 19.8 Å². The topological polar surface area (TPSA) is 93.3 Å². The van der Waals surface area contributed by atoms with Crippen LogP contribution in [0.15, 0.2) is 64.5 Å². The van der Waals surface area contributed by atoms with E-state index >= 15 is 0 Å². The molecule has 0 radical (unpaired) electrons. The van der Waals surface area contributed by atoms with E-state index in [2.05, 4.69) is 15.3 Å². The van der Waals surface area contributed by atoms with Gasteiger partial charge in [0.15, 0.2) is 5.16 Å². The molecule has 3 rings (SSSR count). The quantitative estimate of drug-likeness (QED) is 0.437. The lowest BCUT2D eigenvalue weighted by atomic mass is 10.2. The number of aromatic amines is 1. The summed E-state index contributed by atoms with van der Waals surface area (Å²) in [5.74, 6) is 1.76. The second-order valence-electron chi connectivity index (χ2n) is 6.14. The van der Waals surface area contributed by atoms with Crippen LogP contribution in [0.25, 0.3) is 0 Å². The van der Waals surface area contributed by atoms with Gasteiger partial charge >= 0.3 is 0 Å². The molecule has 8 heteroatoms. The first-order chi connectivity index (χ1) is 14.1. The molecule has 29 heavy (non-hydrogen) atoms. The van der Waals surface area contributed by atoms with Crippen LogP contribution in [-0.2, 0) is 17.0 Å². The summed E-state index contributed by atoms with van der Waals surface area (Å²) in [6.45, 7) is 0. The molecule has 1 amide bonds. The Balaban J connectivity index is 1.64. The van der Waals surface area contributed by atoms with Gasteiger partial charge in [-0.2, -0.15) is 0 Å². The van der Waals surface area contributed by atoms with Gasteiger partial charge in [-0.25, -0.2) is 4.98 Å². The zero-order valence-electron chi connectivity index (χ0n) is 16.1. The molecule has 7 nitrogen and oxygen atoms in total. The number of benzene rings is 2. The molecule has 0 bridgehead atoms. The fourth-order valence-electron chi connectivity index (χ4n) is 2.63. The van der Waals surface area contributed by atoms with Gasteiger partial charge in [-0.3, -0.25) is 9.59 Å². The molecule has 3 aromatic rings. The number of hydrogen-bond acceptors (Lipinski definition) is 6. The first kappa shape index (κ1) is 20.5. The van der Waals surface area contributed by atoms with Gasteiger partial charge in [0.25, 0.3) is 5.56 Å². The molecule has 0 saturated carbocycles. The number of methoxy groups -OCH3 is 2. The van der Waals surface area contributed by atoms with Crippen molar-refractivity contribution in [3.05, 3.63) is 76.2 Å². The molecule has 0 aliphatic heterocycles. The van der Waals surface area contributed by atoms with Crippen molar-refractivity contribution in [2.75, 3.05) is 19.5 Å². The van der Waals surface area contributed by atoms with E-state index in [1.165, 1.54) is 17.8 Å². The lowest BCUT2D eigenvalue weighted by molar-refractivity contribution is -0.115. The smallest absolute Gasteiger partial charge is 0.251 e. The van der Waals surface area contributed by atoms with Crippen molar-refractivity contribution in [1.29, 1.82) is 0 Å². The maximum atomic E-state index is 12.3. The number of nitrogens with zero attached hydrogens (tertiary/aromatic N) is 1. The third-order valence-electron chi connectivity index (χ3n) is 3.98. The van der Waals surface area contributed by atoms with Crippen molar-refractivity contribution in [3.8, 4) is 11.5 Å². The Labute approximate surface area is 172 Å². The Morgan fingerprint density at radius 2 is 1.79 bits per heavy atom. The molecule has 1 aromatic heterocycles. The highest BCUT2D eigenvalue weighted by atomic mass is 32.2. The van der Waals surface area contributed by atoms with Gasteiger partial charge in [0.05, 0.1) is 26.3 Å². The maximum Gasteiger partial charge on any atom is 0.251 e. The summed E-state index contributed by atoms with van der Waals surface area (Å²) < 4.78 is 10.4. The molecular weight excluding hydrogens is 390 g/mol. The summed E-state index contributed by atoms with van der Waals surface area (Å²) >= 11 is 1.39. The summed E-state index contributed by atoms with van der Waals surface area (Å²) in [6, 6.07) is 16.1. The summed E-state index contributed by atoms with van der Waals surface area (Å²) in [5, 5.41) is 3.25. The molecule has 2 aromatic carbocycles. The number of H-pyrrole nitrogens is 1. The number of anilines is 1. The predicted molar refractivity (Wildman–Crippen MR) is 113 cm³/mol. The van der Waals surface area contributed by atoms with E-state index in [1.54, 1.807) is 38.5 Å². The Kier molecular flexibility index (Phi) is 6.91. The second kappa shape index (κ2) is 9.79. The molecule has 0 spiro atoms. The minimum absolute atomic E-state index is 0.00610. The number of carbonyl (C=O) groups excluding carboxylic acids is 1. The summed E-state index contributed by atoms with van der Waals surface area (Å²) in [4.78, 5) is 31.4. The zero-order chi connectivity index (χ0) is 20.6. The molecule has 2 N–H and O–H groups in total. The van der Waals surface area contributed by atoms with Crippen LogP contribution in [0, 0.1) is 0 Å². The van der Waals surface area contributed by atoms with Crippen molar-refractivity contribution < 1.29 is 14.3 Å².